The maximum absolute atomic E-state index is 13.1. The first kappa shape index (κ1) is 22.4. The van der Waals surface area contributed by atoms with Crippen molar-refractivity contribution in [1.82, 2.24) is 19.2 Å². The van der Waals surface area contributed by atoms with E-state index in [-0.39, 0.29) is 23.7 Å². The van der Waals surface area contributed by atoms with Gasteiger partial charge >= 0.3 is 6.09 Å². The third-order valence-corrected chi connectivity index (χ3v) is 6.78. The smallest absolute Gasteiger partial charge is 0.409 e. The first-order chi connectivity index (χ1) is 15.5. The van der Waals surface area contributed by atoms with E-state index in [9.17, 15) is 14.0 Å². The molecule has 0 bridgehead atoms. The van der Waals surface area contributed by atoms with Gasteiger partial charge in [-0.3, -0.25) is 4.79 Å². The number of aromatic nitrogens is 2. The molecule has 1 aromatic heterocycles. The lowest BCUT2D eigenvalue weighted by Crippen LogP contribution is -2.53. The Morgan fingerprint density at radius 1 is 1.06 bits per heavy atom. The minimum absolute atomic E-state index is 0.00648. The van der Waals surface area contributed by atoms with Crippen LogP contribution in [-0.4, -0.2) is 77.0 Å². The van der Waals surface area contributed by atoms with Crippen LogP contribution in [0.25, 0.3) is 0 Å². The summed E-state index contributed by atoms with van der Waals surface area (Å²) in [5, 5.41) is 0.871. The molecule has 0 aliphatic carbocycles. The molecule has 2 amide bonds. The maximum atomic E-state index is 13.1. The average molecular weight is 462 g/mol. The number of piperazine rings is 1. The second-order valence-corrected chi connectivity index (χ2v) is 8.80. The van der Waals surface area contributed by atoms with Crippen molar-refractivity contribution in [2.75, 3.05) is 50.8 Å². The van der Waals surface area contributed by atoms with Gasteiger partial charge in [0.05, 0.1) is 6.61 Å². The molecule has 0 N–H and O–H groups in total. The van der Waals surface area contributed by atoms with Gasteiger partial charge in [0, 0.05) is 63.1 Å². The zero-order valence-electron chi connectivity index (χ0n) is 18.2. The number of carbonyl (C=O) groups is 2. The summed E-state index contributed by atoms with van der Waals surface area (Å²) in [7, 11) is 0. The predicted molar refractivity (Wildman–Crippen MR) is 119 cm³/mol. The molecule has 2 aliphatic heterocycles. The van der Waals surface area contributed by atoms with Crippen LogP contribution in [0.3, 0.4) is 0 Å². The molecule has 2 aliphatic rings. The van der Waals surface area contributed by atoms with Crippen LogP contribution in [0.1, 0.15) is 31.2 Å². The van der Waals surface area contributed by atoms with Gasteiger partial charge in [-0.1, -0.05) is 12.1 Å². The highest BCUT2D eigenvalue weighted by Crippen LogP contribution is 2.27. The molecule has 1 aromatic carbocycles. The second-order valence-electron chi connectivity index (χ2n) is 8.07. The van der Waals surface area contributed by atoms with Crippen LogP contribution >= 0.6 is 11.5 Å². The van der Waals surface area contributed by atoms with Crippen molar-refractivity contribution in [1.29, 1.82) is 0 Å². The average Bonchev–Trinajstić information content (AvgIpc) is 3.29. The summed E-state index contributed by atoms with van der Waals surface area (Å²) in [6.45, 7) is 5.84. The molecule has 10 heteroatoms. The number of nitrogens with zero attached hydrogens (tertiary/aromatic N) is 5. The molecule has 2 saturated heterocycles. The van der Waals surface area contributed by atoms with E-state index >= 15 is 0 Å². The van der Waals surface area contributed by atoms with Gasteiger partial charge in [-0.15, -0.1) is 0 Å². The summed E-state index contributed by atoms with van der Waals surface area (Å²) in [5.41, 5.74) is 0.975. The number of anilines is 1. The van der Waals surface area contributed by atoms with Gasteiger partial charge in [0.2, 0.25) is 11.0 Å². The number of piperidine rings is 1. The zero-order chi connectivity index (χ0) is 22.5. The van der Waals surface area contributed by atoms with E-state index in [4.69, 9.17) is 4.74 Å². The van der Waals surface area contributed by atoms with E-state index in [0.717, 1.165) is 42.5 Å². The lowest BCUT2D eigenvalue weighted by Gasteiger charge is -2.38. The summed E-state index contributed by atoms with van der Waals surface area (Å²) in [5.74, 6) is 0.669. The Balaban J connectivity index is 1.25. The molecular formula is C22H28FN5O3S. The summed E-state index contributed by atoms with van der Waals surface area (Å²) in [6.07, 6.45) is 1.83. The quantitative estimate of drug-likeness (QED) is 0.681. The Labute approximate surface area is 191 Å². The normalized spacial score (nSPS) is 17.5. The highest BCUT2D eigenvalue weighted by atomic mass is 32.1. The van der Waals surface area contributed by atoms with E-state index in [2.05, 4.69) is 14.3 Å². The van der Waals surface area contributed by atoms with Gasteiger partial charge < -0.3 is 19.4 Å². The van der Waals surface area contributed by atoms with Crippen molar-refractivity contribution < 1.29 is 18.7 Å². The van der Waals surface area contributed by atoms with E-state index in [1.54, 1.807) is 24.0 Å². The summed E-state index contributed by atoms with van der Waals surface area (Å²) in [6, 6.07) is 6.39. The molecule has 0 atom stereocenters. The number of hydrogen-bond donors (Lipinski definition) is 0. The molecule has 0 spiro atoms. The highest BCUT2D eigenvalue weighted by Gasteiger charge is 2.32. The highest BCUT2D eigenvalue weighted by molar-refractivity contribution is 7.09. The summed E-state index contributed by atoms with van der Waals surface area (Å²) >= 11 is 1.37. The molecule has 4 rings (SSSR count). The molecule has 172 valence electrons. The molecule has 0 saturated carbocycles. The minimum Gasteiger partial charge on any atom is -0.450 e. The first-order valence-corrected chi connectivity index (χ1v) is 11.8. The number of ether oxygens (including phenoxy) is 1. The Morgan fingerprint density at radius 2 is 1.72 bits per heavy atom. The van der Waals surface area contributed by atoms with Crippen molar-refractivity contribution in [2.45, 2.75) is 26.2 Å². The van der Waals surface area contributed by atoms with Gasteiger partial charge in [-0.25, -0.2) is 14.2 Å². The topological polar surface area (TPSA) is 78.9 Å². The van der Waals surface area contributed by atoms with Gasteiger partial charge in [-0.2, -0.15) is 4.37 Å². The molecule has 32 heavy (non-hydrogen) atoms. The third kappa shape index (κ3) is 5.35. The Morgan fingerprint density at radius 3 is 2.38 bits per heavy atom. The van der Waals surface area contributed by atoms with Crippen molar-refractivity contribution in [2.24, 2.45) is 5.92 Å². The van der Waals surface area contributed by atoms with Crippen molar-refractivity contribution >= 4 is 28.7 Å². The standard InChI is InChI=1S/C22H28FN5O3S/c1-2-31-22(30)28-13-11-26(12-14-28)20(29)17-7-9-27(10-8-17)21-24-19(25-32-21)15-16-3-5-18(23)6-4-16/h3-6,17H,2,7-15H2,1H3. The molecule has 0 radical (unpaired) electrons. The molecule has 2 fully saturated rings. The maximum Gasteiger partial charge on any atom is 0.409 e. The fraction of sp³-hybridized carbons (Fsp3) is 0.545. The number of hydrogen-bond acceptors (Lipinski definition) is 7. The SMILES string of the molecule is CCOC(=O)N1CCN(C(=O)C2CCN(c3nc(Cc4ccc(F)cc4)ns3)CC2)CC1. The van der Waals surface area contributed by atoms with Crippen molar-refractivity contribution in [3.05, 3.63) is 41.5 Å². The molecule has 0 unspecified atom stereocenters. The number of rotatable bonds is 5. The third-order valence-electron chi connectivity index (χ3n) is 5.96. The predicted octanol–water partition coefficient (Wildman–Crippen LogP) is 2.79. The largest absolute Gasteiger partial charge is 0.450 e. The Bertz CT molecular complexity index is 922. The number of benzene rings is 1. The van der Waals surface area contributed by atoms with Gasteiger partial charge in [0.15, 0.2) is 0 Å². The monoisotopic (exact) mass is 461 g/mol. The number of amides is 2. The van der Waals surface area contributed by atoms with Gasteiger partial charge in [0.1, 0.15) is 11.6 Å². The van der Waals surface area contributed by atoms with Crippen LogP contribution in [0.15, 0.2) is 24.3 Å². The van der Waals surface area contributed by atoms with E-state index < -0.39 is 0 Å². The van der Waals surface area contributed by atoms with E-state index in [0.29, 0.717) is 39.2 Å². The summed E-state index contributed by atoms with van der Waals surface area (Å²) in [4.78, 5) is 35.2. The fourth-order valence-electron chi connectivity index (χ4n) is 4.13. The van der Waals surface area contributed by atoms with Crippen molar-refractivity contribution in [3.63, 3.8) is 0 Å². The van der Waals surface area contributed by atoms with Gasteiger partial charge in [-0.05, 0) is 37.5 Å². The Kier molecular flexibility index (Phi) is 7.19. The van der Waals surface area contributed by atoms with Crippen molar-refractivity contribution in [3.8, 4) is 0 Å². The molecule has 3 heterocycles. The molecule has 2 aromatic rings. The zero-order valence-corrected chi connectivity index (χ0v) is 19.0. The first-order valence-electron chi connectivity index (χ1n) is 11.1. The fourth-order valence-corrected chi connectivity index (χ4v) is 4.87. The second kappa shape index (κ2) is 10.2. The molecule has 8 nitrogen and oxygen atoms in total. The van der Waals surface area contributed by atoms with E-state index in [1.165, 1.54) is 23.7 Å². The summed E-state index contributed by atoms with van der Waals surface area (Å²) < 4.78 is 22.6. The van der Waals surface area contributed by atoms with Gasteiger partial charge in [0.25, 0.3) is 0 Å². The number of carbonyl (C=O) groups excluding carboxylic acids is 2. The van der Waals surface area contributed by atoms with Crippen LogP contribution in [0, 0.1) is 11.7 Å². The van der Waals surface area contributed by atoms with Crippen LogP contribution in [-0.2, 0) is 16.0 Å². The van der Waals surface area contributed by atoms with Crippen LogP contribution in [0.5, 0.6) is 0 Å². The van der Waals surface area contributed by atoms with Crippen LogP contribution in [0.2, 0.25) is 0 Å². The van der Waals surface area contributed by atoms with E-state index in [1.807, 2.05) is 4.90 Å². The lowest BCUT2D eigenvalue weighted by molar-refractivity contribution is -0.137. The molecular weight excluding hydrogens is 433 g/mol. The lowest BCUT2D eigenvalue weighted by atomic mass is 9.95. The minimum atomic E-state index is -0.302. The van der Waals surface area contributed by atoms with Crippen LogP contribution < -0.4 is 4.90 Å². The number of halogens is 1. The van der Waals surface area contributed by atoms with Crippen LogP contribution in [0.4, 0.5) is 14.3 Å². The Hall–Kier alpha value is -2.75.